The summed E-state index contributed by atoms with van der Waals surface area (Å²) in [6.45, 7) is 6.92. The van der Waals surface area contributed by atoms with Gasteiger partial charge in [0.15, 0.2) is 0 Å². The molecule has 122 valence electrons. The lowest BCUT2D eigenvalue weighted by atomic mass is 10.1. The van der Waals surface area contributed by atoms with Crippen LogP contribution in [0.4, 0.5) is 0 Å². The van der Waals surface area contributed by atoms with Gasteiger partial charge in [-0.1, -0.05) is 0 Å². The van der Waals surface area contributed by atoms with Crippen molar-refractivity contribution in [1.82, 2.24) is 15.2 Å². The maximum Gasteiger partial charge on any atom is 0.225 e. The van der Waals surface area contributed by atoms with Crippen molar-refractivity contribution in [3.8, 4) is 0 Å². The molecule has 0 radical (unpaired) electrons. The third kappa shape index (κ3) is 4.23. The van der Waals surface area contributed by atoms with Crippen LogP contribution in [-0.4, -0.2) is 40.0 Å². The summed E-state index contributed by atoms with van der Waals surface area (Å²) < 4.78 is 0. The third-order valence-electron chi connectivity index (χ3n) is 3.62. The predicted octanol–water partition coefficient (Wildman–Crippen LogP) is 2.27. The van der Waals surface area contributed by atoms with Crippen molar-refractivity contribution < 1.29 is 9.59 Å². The van der Waals surface area contributed by atoms with Gasteiger partial charge >= 0.3 is 0 Å². The largest absolute Gasteiger partial charge is 0.350 e. The molecule has 22 heavy (non-hydrogen) atoms. The van der Waals surface area contributed by atoms with Gasteiger partial charge in [-0.2, -0.15) is 11.8 Å². The maximum atomic E-state index is 12.3. The third-order valence-corrected chi connectivity index (χ3v) is 5.26. The van der Waals surface area contributed by atoms with Crippen LogP contribution < -0.4 is 5.32 Å². The molecule has 2 rings (SSSR count). The number of hydrogen-bond donors (Lipinski definition) is 1. The Balaban J connectivity index is 1.86. The number of carbonyl (C=O) groups is 2. The van der Waals surface area contributed by atoms with Crippen LogP contribution >= 0.6 is 23.1 Å². The fraction of sp³-hybridized carbons (Fsp3) is 0.667. The zero-order chi connectivity index (χ0) is 16.3. The van der Waals surface area contributed by atoms with E-state index in [2.05, 4.69) is 10.3 Å². The first-order valence-corrected chi connectivity index (χ1v) is 9.59. The van der Waals surface area contributed by atoms with Gasteiger partial charge in [-0.05, 0) is 27.0 Å². The average Bonchev–Trinajstić information content (AvgIpc) is 3.02. The van der Waals surface area contributed by atoms with E-state index in [0.717, 1.165) is 16.5 Å². The summed E-state index contributed by atoms with van der Waals surface area (Å²) in [6.07, 6.45) is 2.35. The Labute approximate surface area is 139 Å². The van der Waals surface area contributed by atoms with Crippen molar-refractivity contribution in [1.29, 1.82) is 0 Å². The first-order valence-electron chi connectivity index (χ1n) is 7.31. The number of likely N-dealkylation sites (tertiary alicyclic amines) is 1. The number of carbonyl (C=O) groups excluding carboxylic acids is 2. The van der Waals surface area contributed by atoms with Crippen LogP contribution in [0.3, 0.4) is 0 Å². The Hall–Kier alpha value is -1.08. The van der Waals surface area contributed by atoms with Gasteiger partial charge in [-0.25, -0.2) is 4.98 Å². The van der Waals surface area contributed by atoms with Crippen LogP contribution in [0.25, 0.3) is 0 Å². The zero-order valence-electron chi connectivity index (χ0n) is 13.5. The van der Waals surface area contributed by atoms with Crippen molar-refractivity contribution in [3.05, 3.63) is 16.1 Å². The number of thioether (sulfide) groups is 1. The van der Waals surface area contributed by atoms with Crippen LogP contribution in [0.1, 0.15) is 37.9 Å². The van der Waals surface area contributed by atoms with Gasteiger partial charge in [0.05, 0.1) is 18.2 Å². The van der Waals surface area contributed by atoms with E-state index in [1.165, 1.54) is 0 Å². The summed E-state index contributed by atoms with van der Waals surface area (Å²) in [7, 11) is 0. The van der Waals surface area contributed by atoms with Crippen molar-refractivity contribution in [2.24, 2.45) is 5.92 Å². The van der Waals surface area contributed by atoms with Crippen LogP contribution in [0, 0.1) is 5.92 Å². The Morgan fingerprint density at radius 2 is 2.27 bits per heavy atom. The Morgan fingerprint density at radius 3 is 2.86 bits per heavy atom. The van der Waals surface area contributed by atoms with Gasteiger partial charge in [0.25, 0.3) is 0 Å². The Kier molecular flexibility index (Phi) is 5.50. The van der Waals surface area contributed by atoms with Gasteiger partial charge < -0.3 is 10.2 Å². The lowest BCUT2D eigenvalue weighted by Crippen LogP contribution is -2.43. The molecule has 0 bridgehead atoms. The minimum atomic E-state index is -0.254. The van der Waals surface area contributed by atoms with E-state index in [-0.39, 0.29) is 23.3 Å². The standard InChI is InChI=1S/C15H23N3O2S2/c1-15(2,3)18-7-10(5-13(18)19)14(20)16-6-11-8-22-12(17-11)9-21-4/h8,10H,5-7,9H2,1-4H3,(H,16,20)/t10-/m1/s1. The SMILES string of the molecule is CSCc1nc(CNC(=O)[C@@H]2CC(=O)N(C(C)(C)C)C2)cs1. The van der Waals surface area contributed by atoms with Crippen molar-refractivity contribution in [2.75, 3.05) is 12.8 Å². The van der Waals surface area contributed by atoms with Crippen LogP contribution in [0.5, 0.6) is 0 Å². The van der Waals surface area contributed by atoms with Gasteiger partial charge in [-0.15, -0.1) is 11.3 Å². The highest BCUT2D eigenvalue weighted by atomic mass is 32.2. The molecule has 0 saturated carbocycles. The summed E-state index contributed by atoms with van der Waals surface area (Å²) in [5.41, 5.74) is 0.660. The van der Waals surface area contributed by atoms with Crippen molar-refractivity contribution in [2.45, 2.75) is 45.0 Å². The van der Waals surface area contributed by atoms with Crippen LogP contribution in [0.2, 0.25) is 0 Å². The molecule has 1 saturated heterocycles. The molecule has 5 nitrogen and oxygen atoms in total. The maximum absolute atomic E-state index is 12.3. The van der Waals surface area contributed by atoms with Gasteiger partial charge in [-0.3, -0.25) is 9.59 Å². The molecule has 0 aliphatic carbocycles. The molecule has 2 heterocycles. The van der Waals surface area contributed by atoms with E-state index in [9.17, 15) is 9.59 Å². The first kappa shape index (κ1) is 17.3. The van der Waals surface area contributed by atoms with Gasteiger partial charge in [0.1, 0.15) is 5.01 Å². The molecule has 7 heteroatoms. The highest BCUT2D eigenvalue weighted by Gasteiger charge is 2.39. The summed E-state index contributed by atoms with van der Waals surface area (Å²) in [5.74, 6) is 0.648. The smallest absolute Gasteiger partial charge is 0.225 e. The fourth-order valence-electron chi connectivity index (χ4n) is 2.47. The minimum absolute atomic E-state index is 0.0560. The summed E-state index contributed by atoms with van der Waals surface area (Å²) in [4.78, 5) is 30.5. The number of thiazole rings is 1. The second kappa shape index (κ2) is 7.00. The van der Waals surface area contributed by atoms with Gasteiger partial charge in [0, 0.05) is 29.6 Å². The molecular weight excluding hydrogens is 318 g/mol. The topological polar surface area (TPSA) is 62.3 Å². The monoisotopic (exact) mass is 341 g/mol. The second-order valence-corrected chi connectivity index (χ2v) is 8.27. The number of nitrogens with zero attached hydrogens (tertiary/aromatic N) is 2. The molecular formula is C15H23N3O2S2. The van der Waals surface area contributed by atoms with E-state index < -0.39 is 0 Å². The van der Waals surface area contributed by atoms with E-state index in [0.29, 0.717) is 19.5 Å². The molecule has 0 spiro atoms. The quantitative estimate of drug-likeness (QED) is 0.892. The lowest BCUT2D eigenvalue weighted by Gasteiger charge is -2.31. The fourth-order valence-corrected chi connectivity index (χ4v) is 3.99. The van der Waals surface area contributed by atoms with Crippen molar-refractivity contribution >= 4 is 34.9 Å². The highest BCUT2D eigenvalue weighted by Crippen LogP contribution is 2.26. The number of hydrogen-bond acceptors (Lipinski definition) is 5. The molecule has 1 aromatic heterocycles. The highest BCUT2D eigenvalue weighted by molar-refractivity contribution is 7.97. The minimum Gasteiger partial charge on any atom is -0.350 e. The van der Waals surface area contributed by atoms with Gasteiger partial charge in [0.2, 0.25) is 11.8 Å². The zero-order valence-corrected chi connectivity index (χ0v) is 15.1. The summed E-state index contributed by atoms with van der Waals surface area (Å²) in [5, 5.41) is 5.96. The lowest BCUT2D eigenvalue weighted by molar-refractivity contribution is -0.132. The van der Waals surface area contributed by atoms with Crippen LogP contribution in [-0.2, 0) is 21.9 Å². The van der Waals surface area contributed by atoms with Crippen LogP contribution in [0.15, 0.2) is 5.38 Å². The normalized spacial score (nSPS) is 18.8. The molecule has 1 aliphatic rings. The molecule has 2 amide bonds. The molecule has 1 aliphatic heterocycles. The second-order valence-electron chi connectivity index (χ2n) is 6.46. The van der Waals surface area contributed by atoms with Crippen molar-refractivity contribution in [3.63, 3.8) is 0 Å². The number of nitrogens with one attached hydrogen (secondary N) is 1. The average molecular weight is 342 g/mol. The molecule has 1 aromatic rings. The molecule has 0 unspecified atom stereocenters. The number of rotatable bonds is 5. The molecule has 0 aromatic carbocycles. The van der Waals surface area contributed by atoms with E-state index in [1.807, 2.05) is 32.4 Å². The van der Waals surface area contributed by atoms with E-state index in [1.54, 1.807) is 28.0 Å². The number of amides is 2. The predicted molar refractivity (Wildman–Crippen MR) is 90.8 cm³/mol. The first-order chi connectivity index (χ1) is 10.3. The summed E-state index contributed by atoms with van der Waals surface area (Å²) in [6, 6.07) is 0. The molecule has 1 fully saturated rings. The van der Waals surface area contributed by atoms with E-state index in [4.69, 9.17) is 0 Å². The summed E-state index contributed by atoms with van der Waals surface area (Å²) >= 11 is 3.35. The van der Waals surface area contributed by atoms with E-state index >= 15 is 0 Å². The Morgan fingerprint density at radius 1 is 1.55 bits per heavy atom. The molecule has 1 atom stereocenters. The molecule has 1 N–H and O–H groups in total. The number of aromatic nitrogens is 1. The Bertz CT molecular complexity index is 551.